The highest BCUT2D eigenvalue weighted by Gasteiger charge is 2.15. The number of hydrogen-bond donors (Lipinski definition) is 0. The van der Waals surface area contributed by atoms with Crippen molar-refractivity contribution < 1.29 is 23.1 Å². The van der Waals surface area contributed by atoms with E-state index in [1.807, 2.05) is 0 Å². The van der Waals surface area contributed by atoms with Crippen molar-refractivity contribution in [3.63, 3.8) is 0 Å². The normalized spacial score (nSPS) is 13.5. The van der Waals surface area contributed by atoms with Crippen LogP contribution in [-0.2, 0) is 26.6 Å². The number of aromatic nitrogens is 1. The van der Waals surface area contributed by atoms with Crippen LogP contribution in [0.4, 0.5) is 0 Å². The van der Waals surface area contributed by atoms with Crippen LogP contribution in [0.1, 0.15) is 114 Å². The summed E-state index contributed by atoms with van der Waals surface area (Å²) >= 11 is 1.64. The van der Waals surface area contributed by atoms with E-state index in [0.717, 1.165) is 30.7 Å². The van der Waals surface area contributed by atoms with Gasteiger partial charge in [0.1, 0.15) is 6.54 Å². The Labute approximate surface area is 195 Å². The Morgan fingerprint density at radius 1 is 0.839 bits per heavy atom. The number of unbranched alkanes of at least 4 members (excludes halogenated alkanes) is 13. The van der Waals surface area contributed by atoms with Gasteiger partial charge < -0.3 is 13.9 Å². The molecule has 1 heterocycles. The van der Waals surface area contributed by atoms with E-state index >= 15 is 0 Å². The number of thiazole rings is 1. The average molecular weight is 476 g/mol. The Hall–Kier alpha value is -0.260. The zero-order valence-electron chi connectivity index (χ0n) is 20.2. The van der Waals surface area contributed by atoms with Crippen molar-refractivity contribution in [2.24, 2.45) is 0 Å². The van der Waals surface area contributed by atoms with Crippen molar-refractivity contribution in [1.82, 2.24) is 0 Å². The van der Waals surface area contributed by atoms with Crippen LogP contribution in [0.5, 0.6) is 0 Å². The summed E-state index contributed by atoms with van der Waals surface area (Å²) in [4.78, 5) is 13.0. The maximum absolute atomic E-state index is 11.9. The molecule has 1 aromatic rings. The monoisotopic (exact) mass is 475 g/mol. The van der Waals surface area contributed by atoms with Gasteiger partial charge in [-0.3, -0.25) is 4.57 Å². The van der Waals surface area contributed by atoms with Crippen LogP contribution < -0.4 is 9.46 Å². The number of rotatable bonds is 21. The molecule has 5 nitrogen and oxygen atoms in total. The van der Waals surface area contributed by atoms with Gasteiger partial charge in [-0.2, -0.15) is 4.57 Å². The molecule has 0 amide bonds. The van der Waals surface area contributed by atoms with E-state index in [-0.39, 0.29) is 13.2 Å². The number of nitrogens with zero attached hydrogens (tertiary/aromatic N) is 1. The Morgan fingerprint density at radius 2 is 1.32 bits per heavy atom. The first-order valence-corrected chi connectivity index (χ1v) is 14.9. The van der Waals surface area contributed by atoms with Crippen LogP contribution in [0.15, 0.2) is 5.51 Å². The largest absolute Gasteiger partial charge is 0.756 e. The summed E-state index contributed by atoms with van der Waals surface area (Å²) in [5, 5.41) is 0. The van der Waals surface area contributed by atoms with Crippen molar-refractivity contribution in [3.8, 4) is 0 Å². The summed E-state index contributed by atoms with van der Waals surface area (Å²) in [6, 6.07) is 0. The van der Waals surface area contributed by atoms with Gasteiger partial charge >= 0.3 is 0 Å². The summed E-state index contributed by atoms with van der Waals surface area (Å²) in [6.07, 6.45) is 18.5. The van der Waals surface area contributed by atoms with E-state index in [4.69, 9.17) is 9.05 Å². The Kier molecular flexibility index (Phi) is 16.9. The Morgan fingerprint density at radius 3 is 1.81 bits per heavy atom. The fourth-order valence-corrected chi connectivity index (χ4v) is 5.56. The number of hydrogen-bond acceptors (Lipinski definition) is 5. The van der Waals surface area contributed by atoms with Crippen LogP contribution in [-0.4, -0.2) is 13.2 Å². The molecule has 1 atom stereocenters. The summed E-state index contributed by atoms with van der Waals surface area (Å²) in [6.45, 7) is 7.71. The third-order valence-corrected chi connectivity index (χ3v) is 7.96. The second kappa shape index (κ2) is 18.2. The van der Waals surface area contributed by atoms with Gasteiger partial charge in [-0.15, -0.1) is 0 Å². The molecule has 0 saturated heterocycles. The van der Waals surface area contributed by atoms with Gasteiger partial charge in [-0.25, -0.2) is 0 Å². The summed E-state index contributed by atoms with van der Waals surface area (Å²) in [7, 11) is -4.18. The van der Waals surface area contributed by atoms with Crippen molar-refractivity contribution in [2.75, 3.05) is 13.2 Å². The molecule has 31 heavy (non-hydrogen) atoms. The quantitative estimate of drug-likeness (QED) is 0.110. The average Bonchev–Trinajstić information content (AvgIpc) is 3.10. The molecule has 0 N–H and O–H groups in total. The molecule has 0 aromatic carbocycles. The third kappa shape index (κ3) is 14.5. The predicted octanol–water partition coefficient (Wildman–Crippen LogP) is 6.89. The first-order chi connectivity index (χ1) is 15.0. The summed E-state index contributed by atoms with van der Waals surface area (Å²) in [5.74, 6) is 0. The van der Waals surface area contributed by atoms with E-state index in [1.54, 1.807) is 11.3 Å². The molecule has 7 heteroatoms. The lowest BCUT2D eigenvalue weighted by Crippen LogP contribution is -2.32. The van der Waals surface area contributed by atoms with Gasteiger partial charge in [0, 0.05) is 13.3 Å². The van der Waals surface area contributed by atoms with Crippen LogP contribution in [0, 0.1) is 6.92 Å². The second-order valence-electron chi connectivity index (χ2n) is 8.48. The van der Waals surface area contributed by atoms with E-state index in [1.165, 1.54) is 76.3 Å². The maximum atomic E-state index is 11.9. The van der Waals surface area contributed by atoms with Gasteiger partial charge in [-0.1, -0.05) is 102 Å². The highest BCUT2D eigenvalue weighted by molar-refractivity contribution is 7.45. The van der Waals surface area contributed by atoms with Crippen molar-refractivity contribution in [1.29, 1.82) is 0 Å². The third-order valence-electron chi connectivity index (χ3n) is 5.82. The molecule has 1 unspecified atom stereocenters. The molecular formula is C24H46NO4PS. The standard InChI is InChI=1S/C24H46NO4PS/c1-4-6-7-8-9-10-11-12-13-14-15-16-17-18-20-28-30(26,27)29-21-19-24-23(3)25(5-2)22-31-24/h22H,4-21H2,1-3H3. The molecule has 1 rings (SSSR count). The van der Waals surface area contributed by atoms with Crippen molar-refractivity contribution in [2.45, 2.75) is 124 Å². The van der Waals surface area contributed by atoms with Crippen LogP contribution in [0.25, 0.3) is 0 Å². The van der Waals surface area contributed by atoms with Gasteiger partial charge in [0.15, 0.2) is 5.69 Å². The molecule has 0 spiro atoms. The fourth-order valence-electron chi connectivity index (χ4n) is 3.76. The van der Waals surface area contributed by atoms with Gasteiger partial charge in [0.2, 0.25) is 5.51 Å². The lowest BCUT2D eigenvalue weighted by molar-refractivity contribution is -0.694. The van der Waals surface area contributed by atoms with Crippen molar-refractivity contribution >= 4 is 19.2 Å². The lowest BCUT2D eigenvalue weighted by atomic mass is 10.0. The SMILES string of the molecule is CCCCCCCCCCCCCCCCOP(=O)([O-])OCCc1sc[n+](CC)c1C. The minimum absolute atomic E-state index is 0.143. The van der Waals surface area contributed by atoms with E-state index in [2.05, 4.69) is 30.8 Å². The first-order valence-electron chi connectivity index (χ1n) is 12.6. The zero-order chi connectivity index (χ0) is 22.8. The molecular weight excluding hydrogens is 429 g/mol. The topological polar surface area (TPSA) is 62.5 Å². The highest BCUT2D eigenvalue weighted by Crippen LogP contribution is 2.38. The molecule has 1 aromatic heterocycles. The van der Waals surface area contributed by atoms with Crippen LogP contribution in [0.3, 0.4) is 0 Å². The van der Waals surface area contributed by atoms with E-state index in [0.29, 0.717) is 6.42 Å². The molecule has 0 bridgehead atoms. The minimum atomic E-state index is -4.18. The molecule has 0 aliphatic heterocycles. The van der Waals surface area contributed by atoms with Gasteiger partial charge in [0.25, 0.3) is 7.82 Å². The smallest absolute Gasteiger partial charge is 0.267 e. The van der Waals surface area contributed by atoms with Gasteiger partial charge in [-0.05, 0) is 13.3 Å². The highest BCUT2D eigenvalue weighted by atomic mass is 32.1. The van der Waals surface area contributed by atoms with Crippen LogP contribution in [0.2, 0.25) is 0 Å². The number of phosphoric ester groups is 1. The first kappa shape index (κ1) is 28.8. The summed E-state index contributed by atoms with van der Waals surface area (Å²) in [5.41, 5.74) is 3.24. The predicted molar refractivity (Wildman–Crippen MR) is 128 cm³/mol. The zero-order valence-corrected chi connectivity index (χ0v) is 22.0. The van der Waals surface area contributed by atoms with Crippen LogP contribution >= 0.6 is 19.2 Å². The molecule has 0 saturated carbocycles. The Balaban J connectivity index is 1.91. The van der Waals surface area contributed by atoms with E-state index < -0.39 is 7.82 Å². The fraction of sp³-hybridized carbons (Fsp3) is 0.875. The molecule has 0 aliphatic rings. The molecule has 182 valence electrons. The molecule has 0 fully saturated rings. The Bertz CT molecular complexity index is 608. The molecule has 0 radical (unpaired) electrons. The lowest BCUT2D eigenvalue weighted by Gasteiger charge is -2.22. The minimum Gasteiger partial charge on any atom is -0.756 e. The van der Waals surface area contributed by atoms with Gasteiger partial charge in [0.05, 0.1) is 18.1 Å². The number of phosphoric acid groups is 1. The number of aryl methyl sites for hydroxylation is 1. The second-order valence-corrected chi connectivity index (χ2v) is 10.8. The van der Waals surface area contributed by atoms with E-state index in [9.17, 15) is 9.46 Å². The molecule has 0 aliphatic carbocycles. The summed E-state index contributed by atoms with van der Waals surface area (Å²) < 4.78 is 24.1. The van der Waals surface area contributed by atoms with Crippen molar-refractivity contribution in [3.05, 3.63) is 16.1 Å². The maximum Gasteiger partial charge on any atom is 0.267 e.